The van der Waals surface area contributed by atoms with Gasteiger partial charge in [0.1, 0.15) is 0 Å². The lowest BCUT2D eigenvalue weighted by Crippen LogP contribution is -1.97. The van der Waals surface area contributed by atoms with E-state index in [9.17, 15) is 14.4 Å². The van der Waals surface area contributed by atoms with E-state index < -0.39 is 11.9 Å². The van der Waals surface area contributed by atoms with Gasteiger partial charge in [-0.15, -0.1) is 0 Å². The van der Waals surface area contributed by atoms with Crippen molar-refractivity contribution in [1.82, 2.24) is 10.2 Å². The van der Waals surface area contributed by atoms with Crippen molar-refractivity contribution in [1.29, 1.82) is 5.26 Å². The zero-order chi connectivity index (χ0) is 24.2. The second kappa shape index (κ2) is 9.74. The van der Waals surface area contributed by atoms with E-state index in [1.54, 1.807) is 24.3 Å². The molecule has 2 N–H and O–H groups in total. The van der Waals surface area contributed by atoms with Gasteiger partial charge in [0.25, 0.3) is 0 Å². The van der Waals surface area contributed by atoms with Gasteiger partial charge < -0.3 is 5.11 Å². The van der Waals surface area contributed by atoms with Crippen LogP contribution < -0.4 is 0 Å². The Morgan fingerprint density at radius 2 is 1.88 bits per heavy atom. The molecule has 34 heavy (non-hydrogen) atoms. The fourth-order valence-electron chi connectivity index (χ4n) is 3.91. The molecule has 0 bridgehead atoms. The van der Waals surface area contributed by atoms with Crippen molar-refractivity contribution in [3.05, 3.63) is 106 Å². The van der Waals surface area contributed by atoms with Crippen LogP contribution in [-0.2, 0) is 4.79 Å². The minimum Gasteiger partial charge on any atom is -0.478 e. The van der Waals surface area contributed by atoms with Gasteiger partial charge in [-0.25, -0.2) is 4.79 Å². The van der Waals surface area contributed by atoms with Crippen LogP contribution in [0.25, 0.3) is 28.1 Å². The molecule has 0 saturated heterocycles. The summed E-state index contributed by atoms with van der Waals surface area (Å²) in [5.41, 5.74) is 5.90. The van der Waals surface area contributed by atoms with Crippen molar-refractivity contribution in [2.24, 2.45) is 0 Å². The first-order chi connectivity index (χ1) is 16.4. The summed E-state index contributed by atoms with van der Waals surface area (Å²) in [5.74, 6) is -1.54. The van der Waals surface area contributed by atoms with Crippen molar-refractivity contribution in [2.45, 2.75) is 13.3 Å². The summed E-state index contributed by atoms with van der Waals surface area (Å²) in [6, 6.07) is 20.0. The number of aliphatic carboxylic acids is 1. The van der Waals surface area contributed by atoms with Crippen LogP contribution in [0, 0.1) is 17.3 Å². The van der Waals surface area contributed by atoms with Crippen LogP contribution in [0.3, 0.4) is 0 Å². The highest BCUT2D eigenvalue weighted by Crippen LogP contribution is 2.38. The molecule has 0 aliphatic carbocycles. The van der Waals surface area contributed by atoms with E-state index in [2.05, 4.69) is 16.3 Å². The molecule has 1 heterocycles. The zero-order valence-corrected chi connectivity index (χ0v) is 18.9. The molecule has 0 aliphatic rings. The molecule has 0 amide bonds. The molecule has 4 rings (SSSR count). The third-order valence-electron chi connectivity index (χ3n) is 5.49. The van der Waals surface area contributed by atoms with Crippen LogP contribution in [0.2, 0.25) is 5.02 Å². The number of carbonyl (C=O) groups is 1. The van der Waals surface area contributed by atoms with E-state index in [-0.39, 0.29) is 0 Å². The maximum atomic E-state index is 14.3. The summed E-state index contributed by atoms with van der Waals surface area (Å²) >= 11 is 6.57. The van der Waals surface area contributed by atoms with Crippen LogP contribution >= 0.6 is 11.6 Å². The van der Waals surface area contributed by atoms with Crippen LogP contribution in [0.4, 0.5) is 4.39 Å². The summed E-state index contributed by atoms with van der Waals surface area (Å²) in [4.78, 5) is 10.8. The number of rotatable bonds is 6. The fraction of sp³-hybridized carbons (Fsp3) is 0.0741. The molecule has 0 unspecified atom stereocenters. The smallest absolute Gasteiger partial charge is 0.328 e. The summed E-state index contributed by atoms with van der Waals surface area (Å²) in [6.45, 7) is 2.00. The predicted octanol–water partition coefficient (Wildman–Crippen LogP) is 6.69. The van der Waals surface area contributed by atoms with E-state index >= 15 is 0 Å². The van der Waals surface area contributed by atoms with Crippen LogP contribution in [0.5, 0.6) is 0 Å². The first-order valence-corrected chi connectivity index (χ1v) is 10.9. The molecular weight excluding hydrogens is 453 g/mol. The van der Waals surface area contributed by atoms with Gasteiger partial charge in [-0.05, 0) is 70.2 Å². The third-order valence-corrected chi connectivity index (χ3v) is 5.81. The molecular formula is C27H19ClFN3O2. The van der Waals surface area contributed by atoms with Crippen molar-refractivity contribution >= 4 is 45.7 Å². The number of carboxylic acids is 1. The minimum atomic E-state index is -1.02. The van der Waals surface area contributed by atoms with Crippen LogP contribution in [-0.4, -0.2) is 21.3 Å². The molecule has 168 valence electrons. The van der Waals surface area contributed by atoms with Gasteiger partial charge in [-0.1, -0.05) is 54.9 Å². The van der Waals surface area contributed by atoms with E-state index in [4.69, 9.17) is 16.7 Å². The number of carboxylic acid groups (broad SMARTS) is 1. The Morgan fingerprint density at radius 3 is 2.53 bits per heavy atom. The number of halogens is 2. The van der Waals surface area contributed by atoms with Crippen LogP contribution in [0.1, 0.15) is 41.2 Å². The molecule has 0 saturated carbocycles. The summed E-state index contributed by atoms with van der Waals surface area (Å²) in [5, 5.41) is 25.3. The average Bonchev–Trinajstić information content (AvgIpc) is 3.22. The number of H-pyrrole nitrogens is 1. The van der Waals surface area contributed by atoms with Crippen molar-refractivity contribution in [3.63, 3.8) is 0 Å². The monoisotopic (exact) mass is 471 g/mol. The molecule has 4 aromatic rings. The lowest BCUT2D eigenvalue weighted by molar-refractivity contribution is -0.131. The molecule has 0 radical (unpaired) electrons. The number of hydrogen-bond donors (Lipinski definition) is 2. The van der Waals surface area contributed by atoms with E-state index in [1.165, 1.54) is 6.08 Å². The average molecular weight is 472 g/mol. The Kier molecular flexibility index (Phi) is 6.58. The van der Waals surface area contributed by atoms with Gasteiger partial charge >= 0.3 is 5.97 Å². The Labute approximate surface area is 200 Å². The molecule has 3 aromatic carbocycles. The Balaban J connectivity index is 1.96. The van der Waals surface area contributed by atoms with Gasteiger partial charge in [-0.3, -0.25) is 5.10 Å². The molecule has 7 heteroatoms. The second-order valence-electron chi connectivity index (χ2n) is 7.58. The van der Waals surface area contributed by atoms with Gasteiger partial charge in [0.05, 0.1) is 22.5 Å². The van der Waals surface area contributed by atoms with Gasteiger partial charge in [-0.2, -0.15) is 14.8 Å². The highest BCUT2D eigenvalue weighted by atomic mass is 35.5. The number of allylic oxidation sites excluding steroid dienone is 1. The molecule has 1 aromatic heterocycles. The number of aromatic amines is 1. The van der Waals surface area contributed by atoms with E-state index in [1.807, 2.05) is 43.3 Å². The lowest BCUT2D eigenvalue weighted by atomic mass is 9.87. The third kappa shape index (κ3) is 4.61. The summed E-state index contributed by atoms with van der Waals surface area (Å²) in [7, 11) is 0. The maximum Gasteiger partial charge on any atom is 0.328 e. The van der Waals surface area contributed by atoms with Gasteiger partial charge in [0.2, 0.25) is 5.95 Å². The van der Waals surface area contributed by atoms with Crippen molar-refractivity contribution in [3.8, 4) is 6.07 Å². The number of nitrogens with one attached hydrogen (secondary N) is 1. The molecule has 0 aliphatic heterocycles. The summed E-state index contributed by atoms with van der Waals surface area (Å²) in [6.07, 6.45) is 3.21. The molecule has 0 spiro atoms. The number of fused-ring (bicyclic) bond motifs is 1. The standard InChI is InChI=1S/C27H19ClFN3O2/c1-2-20(21-10-5-17(15-30)13-23(21)28)26(18-7-3-16(4-8-18)6-12-25(33)34)19-9-11-24-22(14-19)27(29)32-31-24/h3-14H,2H2,1H3,(H,31,32)(H,33,34). The quantitative estimate of drug-likeness (QED) is 0.242. The van der Waals surface area contributed by atoms with Crippen molar-refractivity contribution < 1.29 is 14.3 Å². The summed E-state index contributed by atoms with van der Waals surface area (Å²) < 4.78 is 14.3. The molecule has 0 fully saturated rings. The molecule has 0 atom stereocenters. The van der Waals surface area contributed by atoms with E-state index in [0.717, 1.165) is 39.5 Å². The van der Waals surface area contributed by atoms with E-state index in [0.29, 0.717) is 27.9 Å². The number of hydrogen-bond acceptors (Lipinski definition) is 3. The fourth-order valence-corrected chi connectivity index (χ4v) is 4.20. The first kappa shape index (κ1) is 23.0. The first-order valence-electron chi connectivity index (χ1n) is 10.5. The maximum absolute atomic E-state index is 14.3. The van der Waals surface area contributed by atoms with Crippen molar-refractivity contribution in [2.75, 3.05) is 0 Å². The Morgan fingerprint density at radius 1 is 1.15 bits per heavy atom. The Hall–Kier alpha value is -4.21. The Bertz CT molecular complexity index is 1490. The molecule has 5 nitrogen and oxygen atoms in total. The highest BCUT2D eigenvalue weighted by molar-refractivity contribution is 6.33. The zero-order valence-electron chi connectivity index (χ0n) is 18.1. The number of benzene rings is 3. The normalized spacial score (nSPS) is 12.1. The van der Waals surface area contributed by atoms with Gasteiger partial charge in [0, 0.05) is 11.1 Å². The highest BCUT2D eigenvalue weighted by Gasteiger charge is 2.17. The largest absolute Gasteiger partial charge is 0.478 e. The number of nitriles is 1. The minimum absolute atomic E-state index is 0.373. The van der Waals surface area contributed by atoms with Gasteiger partial charge in [0.15, 0.2) is 0 Å². The lowest BCUT2D eigenvalue weighted by Gasteiger charge is -2.18. The predicted molar refractivity (Wildman–Crippen MR) is 132 cm³/mol. The van der Waals surface area contributed by atoms with Crippen LogP contribution in [0.15, 0.2) is 66.7 Å². The number of nitrogens with zero attached hydrogens (tertiary/aromatic N) is 2. The second-order valence-corrected chi connectivity index (χ2v) is 7.98. The number of aromatic nitrogens is 2. The SMILES string of the molecule is CCC(=C(c1ccc(C=CC(=O)O)cc1)c1ccc2n[nH]c(F)c2c1)c1ccc(C#N)cc1Cl. The topological polar surface area (TPSA) is 89.8 Å².